The van der Waals surface area contributed by atoms with Gasteiger partial charge < -0.3 is 10.8 Å². The fraction of sp³-hybridized carbons (Fsp3) is 0.667. The van der Waals surface area contributed by atoms with Crippen LogP contribution in [0, 0.1) is 5.92 Å². The molecular formula is C21H33BN2O2. The van der Waals surface area contributed by atoms with Crippen molar-refractivity contribution in [1.29, 1.82) is 0 Å². The second kappa shape index (κ2) is 9.56. The molecule has 2 unspecified atom stereocenters. The molecule has 0 aliphatic carbocycles. The molecule has 5 heteroatoms. The first-order valence-corrected chi connectivity index (χ1v) is 9.89. The van der Waals surface area contributed by atoms with Gasteiger partial charge in [-0.15, -0.1) is 0 Å². The molecule has 1 heterocycles. The molecule has 2 radical (unpaired) electrons. The first-order chi connectivity index (χ1) is 12.4. The molecule has 4 nitrogen and oxygen atoms in total. The normalized spacial score (nSPS) is 19.9. The number of hydrogen-bond acceptors (Lipinski definition) is 3. The highest BCUT2D eigenvalue weighted by atomic mass is 16.4. The van der Waals surface area contributed by atoms with Crippen LogP contribution in [0.15, 0.2) is 24.3 Å². The van der Waals surface area contributed by atoms with Crippen molar-refractivity contribution in [2.24, 2.45) is 11.7 Å². The first-order valence-electron chi connectivity index (χ1n) is 9.89. The number of rotatable bonds is 10. The lowest BCUT2D eigenvalue weighted by atomic mass is 9.83. The van der Waals surface area contributed by atoms with Crippen molar-refractivity contribution in [2.45, 2.75) is 76.8 Å². The Morgan fingerprint density at radius 2 is 2.00 bits per heavy atom. The molecule has 1 aromatic rings. The molecule has 26 heavy (non-hydrogen) atoms. The average molecular weight is 356 g/mol. The average Bonchev–Trinajstić information content (AvgIpc) is 2.59. The van der Waals surface area contributed by atoms with Gasteiger partial charge in [-0.2, -0.15) is 0 Å². The third-order valence-corrected chi connectivity index (χ3v) is 5.49. The van der Waals surface area contributed by atoms with Crippen molar-refractivity contribution in [3.05, 3.63) is 35.4 Å². The SMILES string of the molecule is [B]CCCCC(N)(CCC1Cc2ccccc2CN1CC(C)C)C(=O)O. The Balaban J connectivity index is 2.07. The molecule has 3 N–H and O–H groups in total. The highest BCUT2D eigenvalue weighted by Crippen LogP contribution is 2.29. The van der Waals surface area contributed by atoms with E-state index in [1.54, 1.807) is 0 Å². The van der Waals surface area contributed by atoms with Gasteiger partial charge in [-0.05, 0) is 42.7 Å². The molecule has 0 fully saturated rings. The van der Waals surface area contributed by atoms with Crippen molar-refractivity contribution < 1.29 is 9.90 Å². The number of nitrogens with two attached hydrogens (primary N) is 1. The van der Waals surface area contributed by atoms with Crippen LogP contribution in [-0.4, -0.2) is 41.9 Å². The number of carboxylic acids is 1. The topological polar surface area (TPSA) is 66.6 Å². The highest BCUT2D eigenvalue weighted by Gasteiger charge is 2.35. The lowest BCUT2D eigenvalue weighted by Crippen LogP contribution is -2.50. The Bertz CT molecular complexity index is 593. The second-order valence-electron chi connectivity index (χ2n) is 8.20. The van der Waals surface area contributed by atoms with Crippen LogP contribution in [-0.2, 0) is 17.8 Å². The van der Waals surface area contributed by atoms with E-state index in [2.05, 4.69) is 43.0 Å². The van der Waals surface area contributed by atoms with Gasteiger partial charge in [-0.25, -0.2) is 0 Å². The van der Waals surface area contributed by atoms with E-state index in [0.29, 0.717) is 31.1 Å². The van der Waals surface area contributed by atoms with Gasteiger partial charge in [0.1, 0.15) is 5.54 Å². The summed E-state index contributed by atoms with van der Waals surface area (Å²) in [5.74, 6) is -0.310. The monoisotopic (exact) mass is 356 g/mol. The van der Waals surface area contributed by atoms with Crippen molar-refractivity contribution in [3.8, 4) is 0 Å². The number of carboxylic acid groups (broad SMARTS) is 1. The number of unbranched alkanes of at least 4 members (excludes halogenated alkanes) is 1. The van der Waals surface area contributed by atoms with Crippen LogP contribution in [0.1, 0.15) is 57.1 Å². The summed E-state index contributed by atoms with van der Waals surface area (Å²) in [6.07, 6.45) is 4.96. The summed E-state index contributed by atoms with van der Waals surface area (Å²) in [5, 5.41) is 9.66. The third-order valence-electron chi connectivity index (χ3n) is 5.49. The van der Waals surface area contributed by atoms with Crippen molar-refractivity contribution in [3.63, 3.8) is 0 Å². The van der Waals surface area contributed by atoms with E-state index in [1.165, 1.54) is 11.1 Å². The van der Waals surface area contributed by atoms with Crippen LogP contribution in [0.3, 0.4) is 0 Å². The molecule has 0 amide bonds. The van der Waals surface area contributed by atoms with Crippen LogP contribution >= 0.6 is 0 Å². The largest absolute Gasteiger partial charge is 0.480 e. The van der Waals surface area contributed by atoms with Gasteiger partial charge in [0.05, 0.1) is 7.85 Å². The second-order valence-corrected chi connectivity index (χ2v) is 8.20. The minimum Gasteiger partial charge on any atom is -0.480 e. The Hall–Kier alpha value is -1.33. The predicted octanol–water partition coefficient (Wildman–Crippen LogP) is 3.39. The summed E-state index contributed by atoms with van der Waals surface area (Å²) < 4.78 is 0. The third kappa shape index (κ3) is 5.58. The summed E-state index contributed by atoms with van der Waals surface area (Å²) in [5.41, 5.74) is 7.92. The van der Waals surface area contributed by atoms with Gasteiger partial charge in [0.25, 0.3) is 0 Å². The lowest BCUT2D eigenvalue weighted by molar-refractivity contribution is -0.144. The standard InChI is InChI=1S/C21H33BN2O2/c1-16(2)14-24-15-18-8-4-3-7-17(18)13-19(24)9-11-21(23,20(25)26)10-5-6-12-22/h3-4,7-8,16,19H,5-6,9-15,23H2,1-2H3,(H,25,26). The molecule has 0 saturated heterocycles. The van der Waals surface area contributed by atoms with E-state index in [1.807, 2.05) is 0 Å². The summed E-state index contributed by atoms with van der Waals surface area (Å²) in [4.78, 5) is 14.3. The Kier molecular flexibility index (Phi) is 7.72. The van der Waals surface area contributed by atoms with Gasteiger partial charge in [0.2, 0.25) is 0 Å². The Morgan fingerprint density at radius 1 is 1.31 bits per heavy atom. The maximum Gasteiger partial charge on any atom is 0.323 e. The number of aliphatic carboxylic acids is 1. The minimum atomic E-state index is -1.14. The van der Waals surface area contributed by atoms with E-state index in [-0.39, 0.29) is 0 Å². The van der Waals surface area contributed by atoms with Crippen molar-refractivity contribution in [1.82, 2.24) is 4.90 Å². The van der Waals surface area contributed by atoms with Crippen LogP contribution in [0.4, 0.5) is 0 Å². The molecule has 142 valence electrons. The number of carbonyl (C=O) groups is 1. The van der Waals surface area contributed by atoms with Gasteiger partial charge in [-0.3, -0.25) is 9.69 Å². The van der Waals surface area contributed by atoms with E-state index in [4.69, 9.17) is 13.6 Å². The van der Waals surface area contributed by atoms with Crippen molar-refractivity contribution in [2.75, 3.05) is 6.54 Å². The van der Waals surface area contributed by atoms with Gasteiger partial charge in [0, 0.05) is 19.1 Å². The molecule has 2 atom stereocenters. The molecular weight excluding hydrogens is 323 g/mol. The molecule has 1 aliphatic heterocycles. The Labute approximate surface area is 159 Å². The van der Waals surface area contributed by atoms with Crippen LogP contribution in [0.5, 0.6) is 0 Å². The lowest BCUT2D eigenvalue weighted by Gasteiger charge is -2.39. The van der Waals surface area contributed by atoms with Crippen molar-refractivity contribution >= 4 is 13.8 Å². The molecule has 1 aromatic carbocycles. The molecule has 0 spiro atoms. The predicted molar refractivity (Wildman–Crippen MR) is 107 cm³/mol. The number of benzene rings is 1. The smallest absolute Gasteiger partial charge is 0.323 e. The summed E-state index contributed by atoms with van der Waals surface area (Å²) in [7, 11) is 5.54. The summed E-state index contributed by atoms with van der Waals surface area (Å²) in [6, 6.07) is 8.94. The zero-order valence-corrected chi connectivity index (χ0v) is 16.3. The first kappa shape index (κ1) is 21.0. The molecule has 2 rings (SSSR count). The van der Waals surface area contributed by atoms with Gasteiger partial charge in [-0.1, -0.05) is 57.3 Å². The number of fused-ring (bicyclic) bond motifs is 1. The maximum absolute atomic E-state index is 11.8. The Morgan fingerprint density at radius 3 is 2.62 bits per heavy atom. The fourth-order valence-corrected chi connectivity index (χ4v) is 3.96. The van der Waals surface area contributed by atoms with Gasteiger partial charge in [0.15, 0.2) is 0 Å². The zero-order valence-electron chi connectivity index (χ0n) is 16.3. The molecule has 1 aliphatic rings. The van der Waals surface area contributed by atoms with E-state index < -0.39 is 11.5 Å². The molecule has 0 saturated carbocycles. The van der Waals surface area contributed by atoms with E-state index >= 15 is 0 Å². The van der Waals surface area contributed by atoms with E-state index in [9.17, 15) is 9.90 Å². The minimum absolute atomic E-state index is 0.351. The quantitative estimate of drug-likeness (QED) is 0.498. The maximum atomic E-state index is 11.8. The zero-order chi connectivity index (χ0) is 19.2. The van der Waals surface area contributed by atoms with E-state index in [0.717, 1.165) is 38.8 Å². The number of nitrogens with zero attached hydrogens (tertiary/aromatic N) is 1. The summed E-state index contributed by atoms with van der Waals surface area (Å²) in [6.45, 7) is 6.43. The highest BCUT2D eigenvalue weighted by molar-refractivity contribution is 6.08. The molecule has 0 aromatic heterocycles. The molecule has 0 bridgehead atoms. The number of hydrogen-bond donors (Lipinski definition) is 2. The fourth-order valence-electron chi connectivity index (χ4n) is 3.96. The summed E-state index contributed by atoms with van der Waals surface area (Å²) >= 11 is 0. The van der Waals surface area contributed by atoms with Gasteiger partial charge >= 0.3 is 5.97 Å². The van der Waals surface area contributed by atoms with Crippen LogP contribution in [0.2, 0.25) is 6.32 Å². The van der Waals surface area contributed by atoms with Crippen LogP contribution < -0.4 is 5.73 Å². The van der Waals surface area contributed by atoms with Crippen LogP contribution in [0.25, 0.3) is 0 Å².